The number of rotatable bonds is 4. The molecular formula is C19H18ClN3O2. The van der Waals surface area contributed by atoms with Crippen LogP contribution in [-0.2, 0) is 11.3 Å². The lowest BCUT2D eigenvalue weighted by Crippen LogP contribution is -2.12. The molecule has 0 N–H and O–H groups in total. The van der Waals surface area contributed by atoms with Crippen LogP contribution in [0.2, 0.25) is 5.02 Å². The number of carbonyl (C=O) groups is 1. The molecule has 0 aliphatic heterocycles. The molecule has 3 aromatic rings. The van der Waals surface area contributed by atoms with Crippen molar-refractivity contribution in [3.8, 4) is 5.82 Å². The lowest BCUT2D eigenvalue weighted by Gasteiger charge is -2.10. The summed E-state index contributed by atoms with van der Waals surface area (Å²) in [6.07, 6.45) is 0. The number of carbonyl (C=O) groups excluding carboxylic acids is 1. The standard InChI is InChI=1S/C19H18ClN3O2/c1-12-6-4-5-7-15(12)11-25-19(24)18-16(20)8-9-17(21-18)23-14(3)10-13(2)22-23/h4-10H,11H2,1-3H3. The number of hydrogen-bond acceptors (Lipinski definition) is 4. The summed E-state index contributed by atoms with van der Waals surface area (Å²) in [7, 11) is 0. The Labute approximate surface area is 151 Å². The zero-order chi connectivity index (χ0) is 18.0. The number of benzene rings is 1. The fraction of sp³-hybridized carbons (Fsp3) is 0.211. The first-order chi connectivity index (χ1) is 12.0. The van der Waals surface area contributed by atoms with Gasteiger partial charge in [-0.25, -0.2) is 14.5 Å². The second kappa shape index (κ2) is 7.07. The molecule has 0 saturated heterocycles. The lowest BCUT2D eigenvalue weighted by molar-refractivity contribution is 0.0465. The second-order valence-corrected chi connectivity index (χ2v) is 6.25. The Bertz CT molecular complexity index is 934. The molecule has 2 heterocycles. The molecule has 0 fully saturated rings. The smallest absolute Gasteiger partial charge is 0.358 e. The molecule has 5 nitrogen and oxygen atoms in total. The van der Waals surface area contributed by atoms with E-state index >= 15 is 0 Å². The molecule has 128 valence electrons. The number of nitrogens with zero attached hydrogens (tertiary/aromatic N) is 3. The quantitative estimate of drug-likeness (QED) is 0.658. The van der Waals surface area contributed by atoms with Crippen LogP contribution in [0.4, 0.5) is 0 Å². The SMILES string of the molecule is Cc1cc(C)n(-c2ccc(Cl)c(C(=O)OCc3ccccc3C)n2)n1. The zero-order valence-electron chi connectivity index (χ0n) is 14.3. The molecule has 1 aromatic carbocycles. The lowest BCUT2D eigenvalue weighted by atomic mass is 10.1. The number of aromatic nitrogens is 3. The molecule has 25 heavy (non-hydrogen) atoms. The summed E-state index contributed by atoms with van der Waals surface area (Å²) in [6.45, 7) is 5.97. The van der Waals surface area contributed by atoms with E-state index < -0.39 is 5.97 Å². The van der Waals surface area contributed by atoms with Gasteiger partial charge in [-0.15, -0.1) is 0 Å². The largest absolute Gasteiger partial charge is 0.456 e. The molecule has 0 bridgehead atoms. The maximum atomic E-state index is 12.4. The van der Waals surface area contributed by atoms with E-state index in [4.69, 9.17) is 16.3 Å². The average molecular weight is 356 g/mol. The highest BCUT2D eigenvalue weighted by molar-refractivity contribution is 6.33. The Hall–Kier alpha value is -2.66. The first kappa shape index (κ1) is 17.2. The molecule has 0 spiro atoms. The average Bonchev–Trinajstić information content (AvgIpc) is 2.92. The van der Waals surface area contributed by atoms with E-state index in [0.29, 0.717) is 5.82 Å². The van der Waals surface area contributed by atoms with Gasteiger partial charge in [0.2, 0.25) is 0 Å². The fourth-order valence-electron chi connectivity index (χ4n) is 2.54. The highest BCUT2D eigenvalue weighted by atomic mass is 35.5. The van der Waals surface area contributed by atoms with Crippen molar-refractivity contribution in [1.29, 1.82) is 0 Å². The topological polar surface area (TPSA) is 57.0 Å². The minimum Gasteiger partial charge on any atom is -0.456 e. The third-order valence-corrected chi connectivity index (χ3v) is 4.18. The van der Waals surface area contributed by atoms with Gasteiger partial charge in [-0.05, 0) is 50.1 Å². The van der Waals surface area contributed by atoms with Gasteiger partial charge in [0.25, 0.3) is 0 Å². The van der Waals surface area contributed by atoms with Crippen molar-refractivity contribution in [3.05, 3.63) is 75.7 Å². The number of aryl methyl sites for hydroxylation is 3. The van der Waals surface area contributed by atoms with Gasteiger partial charge in [-0.3, -0.25) is 0 Å². The predicted molar refractivity (Wildman–Crippen MR) is 96.1 cm³/mol. The summed E-state index contributed by atoms with van der Waals surface area (Å²) in [4.78, 5) is 16.8. The van der Waals surface area contributed by atoms with Crippen LogP contribution in [0.3, 0.4) is 0 Å². The molecule has 0 saturated carbocycles. The van der Waals surface area contributed by atoms with Crippen LogP contribution in [0, 0.1) is 20.8 Å². The van der Waals surface area contributed by atoms with E-state index in [1.807, 2.05) is 51.1 Å². The van der Waals surface area contributed by atoms with Crippen LogP contribution in [0.25, 0.3) is 5.82 Å². The van der Waals surface area contributed by atoms with Crippen molar-refractivity contribution in [2.45, 2.75) is 27.4 Å². The maximum Gasteiger partial charge on any atom is 0.358 e. The summed E-state index contributed by atoms with van der Waals surface area (Å²) in [5.41, 5.74) is 3.89. The molecule has 3 rings (SSSR count). The number of esters is 1. The highest BCUT2D eigenvalue weighted by Gasteiger charge is 2.17. The van der Waals surface area contributed by atoms with Gasteiger partial charge in [0.05, 0.1) is 10.7 Å². The second-order valence-electron chi connectivity index (χ2n) is 5.84. The zero-order valence-corrected chi connectivity index (χ0v) is 15.0. The van der Waals surface area contributed by atoms with Crippen molar-refractivity contribution in [2.24, 2.45) is 0 Å². The van der Waals surface area contributed by atoms with Crippen molar-refractivity contribution < 1.29 is 9.53 Å². The van der Waals surface area contributed by atoms with Gasteiger partial charge < -0.3 is 4.74 Å². The maximum absolute atomic E-state index is 12.4. The minimum atomic E-state index is -0.559. The Balaban J connectivity index is 1.84. The summed E-state index contributed by atoms with van der Waals surface area (Å²) >= 11 is 6.14. The minimum absolute atomic E-state index is 0.0836. The van der Waals surface area contributed by atoms with Crippen molar-refractivity contribution in [1.82, 2.24) is 14.8 Å². The first-order valence-corrected chi connectivity index (χ1v) is 8.25. The van der Waals surface area contributed by atoms with Crippen LogP contribution >= 0.6 is 11.6 Å². The van der Waals surface area contributed by atoms with Crippen LogP contribution in [0.1, 0.15) is 33.0 Å². The van der Waals surface area contributed by atoms with Crippen molar-refractivity contribution in [3.63, 3.8) is 0 Å². The molecule has 6 heteroatoms. The Morgan fingerprint density at radius 3 is 2.60 bits per heavy atom. The summed E-state index contributed by atoms with van der Waals surface area (Å²) in [6, 6.07) is 13.0. The molecule has 2 aromatic heterocycles. The number of ether oxygens (including phenoxy) is 1. The number of hydrogen-bond donors (Lipinski definition) is 0. The Kier molecular flexibility index (Phi) is 4.86. The molecule has 0 radical (unpaired) electrons. The van der Waals surface area contributed by atoms with E-state index in [-0.39, 0.29) is 17.3 Å². The van der Waals surface area contributed by atoms with E-state index in [2.05, 4.69) is 10.1 Å². The van der Waals surface area contributed by atoms with Crippen LogP contribution in [0.5, 0.6) is 0 Å². The van der Waals surface area contributed by atoms with Crippen molar-refractivity contribution in [2.75, 3.05) is 0 Å². The van der Waals surface area contributed by atoms with Gasteiger partial charge in [-0.1, -0.05) is 35.9 Å². The summed E-state index contributed by atoms with van der Waals surface area (Å²) in [5.74, 6) is -0.0329. The summed E-state index contributed by atoms with van der Waals surface area (Å²) in [5, 5.41) is 4.62. The molecule has 0 aliphatic rings. The van der Waals surface area contributed by atoms with Crippen LogP contribution < -0.4 is 0 Å². The van der Waals surface area contributed by atoms with E-state index in [1.165, 1.54) is 0 Å². The van der Waals surface area contributed by atoms with Gasteiger partial charge >= 0.3 is 5.97 Å². The third kappa shape index (κ3) is 3.72. The van der Waals surface area contributed by atoms with Gasteiger partial charge in [0.1, 0.15) is 6.61 Å². The van der Waals surface area contributed by atoms with Gasteiger partial charge in [-0.2, -0.15) is 5.10 Å². The van der Waals surface area contributed by atoms with Crippen LogP contribution in [-0.4, -0.2) is 20.7 Å². The Morgan fingerprint density at radius 2 is 1.92 bits per heavy atom. The molecular weight excluding hydrogens is 338 g/mol. The molecule has 0 aliphatic carbocycles. The van der Waals surface area contributed by atoms with Gasteiger partial charge in [0.15, 0.2) is 11.5 Å². The normalized spacial score (nSPS) is 10.7. The van der Waals surface area contributed by atoms with Crippen molar-refractivity contribution >= 4 is 17.6 Å². The van der Waals surface area contributed by atoms with E-state index in [0.717, 1.165) is 22.5 Å². The van der Waals surface area contributed by atoms with Gasteiger partial charge in [0, 0.05) is 5.69 Å². The monoisotopic (exact) mass is 355 g/mol. The molecule has 0 unspecified atom stereocenters. The molecule has 0 amide bonds. The fourth-order valence-corrected chi connectivity index (χ4v) is 2.72. The first-order valence-electron chi connectivity index (χ1n) is 7.87. The summed E-state index contributed by atoms with van der Waals surface area (Å²) < 4.78 is 7.06. The third-order valence-electron chi connectivity index (χ3n) is 3.87. The van der Waals surface area contributed by atoms with E-state index in [9.17, 15) is 4.79 Å². The Morgan fingerprint density at radius 1 is 1.16 bits per heavy atom. The number of halogens is 1. The predicted octanol–water partition coefficient (Wildman–Crippen LogP) is 4.20. The molecule has 0 atom stereocenters. The highest BCUT2D eigenvalue weighted by Crippen LogP contribution is 2.19. The van der Waals surface area contributed by atoms with Crippen LogP contribution in [0.15, 0.2) is 42.5 Å². The number of pyridine rings is 1. The van der Waals surface area contributed by atoms with E-state index in [1.54, 1.807) is 16.8 Å².